The van der Waals surface area contributed by atoms with Crippen molar-refractivity contribution >= 4 is 17.4 Å². The molecule has 0 bridgehead atoms. The minimum atomic E-state index is -0.350. The molecule has 2 heterocycles. The monoisotopic (exact) mass is 220 g/mol. The van der Waals surface area contributed by atoms with E-state index in [0.29, 0.717) is 18.0 Å². The average Bonchev–Trinajstić information content (AvgIpc) is 2.61. The normalized spacial score (nSPS) is 10.6. The summed E-state index contributed by atoms with van der Waals surface area (Å²) in [6.07, 6.45) is 3.69. The number of rotatable bonds is 4. The Hall–Kier alpha value is -2.18. The lowest BCUT2D eigenvalue weighted by atomic mass is 10.4. The molecule has 7 heteroatoms. The van der Waals surface area contributed by atoms with Gasteiger partial charge in [0.25, 0.3) is 0 Å². The van der Waals surface area contributed by atoms with Gasteiger partial charge in [0.1, 0.15) is 5.82 Å². The predicted molar refractivity (Wildman–Crippen MR) is 57.8 cm³/mol. The van der Waals surface area contributed by atoms with Crippen LogP contribution >= 0.6 is 0 Å². The number of carbonyl (C=O) groups is 1. The van der Waals surface area contributed by atoms with E-state index in [9.17, 15) is 4.79 Å². The third-order valence-electron chi connectivity index (χ3n) is 2.16. The van der Waals surface area contributed by atoms with Crippen LogP contribution in [-0.2, 0) is 4.79 Å². The molecule has 0 aliphatic heterocycles. The Morgan fingerprint density at radius 2 is 2.38 bits per heavy atom. The molecule has 3 N–H and O–H groups in total. The van der Waals surface area contributed by atoms with Gasteiger partial charge in [0.05, 0.1) is 0 Å². The van der Waals surface area contributed by atoms with Crippen molar-refractivity contribution in [3.63, 3.8) is 0 Å². The quantitative estimate of drug-likeness (QED) is 0.738. The number of nitrogens with two attached hydrogens (primary N) is 1. The van der Waals surface area contributed by atoms with Gasteiger partial charge in [-0.25, -0.2) is 4.98 Å². The summed E-state index contributed by atoms with van der Waals surface area (Å²) in [4.78, 5) is 14.7. The van der Waals surface area contributed by atoms with Crippen molar-refractivity contribution in [2.45, 2.75) is 13.3 Å². The van der Waals surface area contributed by atoms with Crippen molar-refractivity contribution in [1.82, 2.24) is 19.6 Å². The Balaban J connectivity index is 2.20. The van der Waals surface area contributed by atoms with E-state index < -0.39 is 0 Å². The van der Waals surface area contributed by atoms with Crippen LogP contribution in [0.1, 0.15) is 12.2 Å². The summed E-state index contributed by atoms with van der Waals surface area (Å²) in [6, 6.07) is 0. The van der Waals surface area contributed by atoms with Gasteiger partial charge in [-0.1, -0.05) is 0 Å². The molecule has 0 spiro atoms. The summed E-state index contributed by atoms with van der Waals surface area (Å²) in [6.45, 7) is 2.29. The molecular formula is C9H12N6O. The highest BCUT2D eigenvalue weighted by Gasteiger charge is 2.06. The molecule has 0 radical (unpaired) electrons. The number of amides is 1. The highest BCUT2D eigenvalue weighted by Crippen LogP contribution is 2.11. The number of primary amides is 1. The van der Waals surface area contributed by atoms with E-state index in [0.717, 1.165) is 5.82 Å². The van der Waals surface area contributed by atoms with Crippen molar-refractivity contribution in [2.24, 2.45) is 5.73 Å². The summed E-state index contributed by atoms with van der Waals surface area (Å²) in [5.74, 6) is 1.04. The first kappa shape index (κ1) is 10.3. The number of aromatic nitrogens is 4. The van der Waals surface area contributed by atoms with Crippen LogP contribution in [0.25, 0.3) is 5.65 Å². The number of anilines is 1. The molecule has 2 aromatic rings. The van der Waals surface area contributed by atoms with E-state index in [1.54, 1.807) is 12.4 Å². The fraction of sp³-hybridized carbons (Fsp3) is 0.333. The van der Waals surface area contributed by atoms with Gasteiger partial charge in [-0.05, 0) is 6.92 Å². The van der Waals surface area contributed by atoms with Crippen LogP contribution in [0.5, 0.6) is 0 Å². The van der Waals surface area contributed by atoms with Crippen LogP contribution in [0.2, 0.25) is 0 Å². The van der Waals surface area contributed by atoms with Crippen molar-refractivity contribution in [3.05, 3.63) is 18.2 Å². The standard InChI is InChI=1S/C9H12N6O/c1-6-13-14-9-8(11-3-2-7(10)16)12-4-5-15(6)9/h4-5H,2-3H2,1H3,(H2,10,16)(H,11,12). The van der Waals surface area contributed by atoms with Crippen LogP contribution in [0.3, 0.4) is 0 Å². The Morgan fingerprint density at radius 3 is 3.12 bits per heavy atom. The maximum atomic E-state index is 10.6. The Kier molecular flexibility index (Phi) is 2.67. The smallest absolute Gasteiger partial charge is 0.219 e. The second-order valence-corrected chi connectivity index (χ2v) is 3.36. The molecule has 0 saturated carbocycles. The minimum absolute atomic E-state index is 0.260. The number of hydrogen-bond acceptors (Lipinski definition) is 5. The average molecular weight is 220 g/mol. The predicted octanol–water partition coefficient (Wildman–Crippen LogP) is -0.280. The lowest BCUT2D eigenvalue weighted by Gasteiger charge is -2.04. The van der Waals surface area contributed by atoms with Gasteiger partial charge in [0, 0.05) is 25.4 Å². The summed E-state index contributed by atoms with van der Waals surface area (Å²) in [7, 11) is 0. The third-order valence-corrected chi connectivity index (χ3v) is 2.16. The second-order valence-electron chi connectivity index (χ2n) is 3.36. The second kappa shape index (κ2) is 4.13. The Morgan fingerprint density at radius 1 is 1.56 bits per heavy atom. The third kappa shape index (κ3) is 1.92. The van der Waals surface area contributed by atoms with Gasteiger partial charge >= 0.3 is 0 Å². The maximum absolute atomic E-state index is 10.6. The van der Waals surface area contributed by atoms with Gasteiger partial charge < -0.3 is 11.1 Å². The van der Waals surface area contributed by atoms with Crippen LogP contribution in [0.4, 0.5) is 5.82 Å². The number of aryl methyl sites for hydroxylation is 1. The van der Waals surface area contributed by atoms with Gasteiger partial charge in [-0.2, -0.15) is 0 Å². The molecule has 0 fully saturated rings. The van der Waals surface area contributed by atoms with Gasteiger partial charge in [-0.3, -0.25) is 9.20 Å². The number of nitrogens with one attached hydrogen (secondary N) is 1. The lowest BCUT2D eigenvalue weighted by molar-refractivity contribution is -0.117. The number of carbonyl (C=O) groups excluding carboxylic acids is 1. The van der Waals surface area contributed by atoms with Gasteiger partial charge in [0.15, 0.2) is 5.82 Å². The molecule has 2 rings (SSSR count). The van der Waals surface area contributed by atoms with Crippen molar-refractivity contribution in [1.29, 1.82) is 0 Å². The Bertz CT molecular complexity index is 520. The van der Waals surface area contributed by atoms with E-state index >= 15 is 0 Å². The lowest BCUT2D eigenvalue weighted by Crippen LogP contribution is -2.16. The molecule has 2 aromatic heterocycles. The molecule has 1 amide bonds. The Labute approximate surface area is 91.7 Å². The fourth-order valence-corrected chi connectivity index (χ4v) is 1.37. The van der Waals surface area contributed by atoms with E-state index in [1.165, 1.54) is 0 Å². The zero-order valence-corrected chi connectivity index (χ0v) is 8.84. The molecule has 0 aliphatic rings. The number of fused-ring (bicyclic) bond motifs is 1. The minimum Gasteiger partial charge on any atom is -0.370 e. The first-order chi connectivity index (χ1) is 7.68. The summed E-state index contributed by atoms with van der Waals surface area (Å²) in [5, 5.41) is 10.9. The van der Waals surface area contributed by atoms with Crippen molar-refractivity contribution < 1.29 is 4.79 Å². The van der Waals surface area contributed by atoms with Gasteiger partial charge in [0.2, 0.25) is 11.6 Å². The first-order valence-corrected chi connectivity index (χ1v) is 4.87. The highest BCUT2D eigenvalue weighted by atomic mass is 16.1. The van der Waals surface area contributed by atoms with Crippen LogP contribution < -0.4 is 11.1 Å². The fourth-order valence-electron chi connectivity index (χ4n) is 1.37. The molecule has 0 unspecified atom stereocenters. The number of nitrogens with zero attached hydrogens (tertiary/aromatic N) is 4. The topological polar surface area (TPSA) is 98.2 Å². The van der Waals surface area contributed by atoms with Crippen LogP contribution in [0.15, 0.2) is 12.4 Å². The maximum Gasteiger partial charge on any atom is 0.219 e. The SMILES string of the molecule is Cc1nnc2c(NCCC(N)=O)nccn12. The van der Waals surface area contributed by atoms with Gasteiger partial charge in [-0.15, -0.1) is 10.2 Å². The molecule has 16 heavy (non-hydrogen) atoms. The van der Waals surface area contributed by atoms with Crippen LogP contribution in [-0.4, -0.2) is 32.0 Å². The molecule has 84 valence electrons. The largest absolute Gasteiger partial charge is 0.370 e. The molecule has 0 aromatic carbocycles. The van der Waals surface area contributed by atoms with Crippen molar-refractivity contribution in [2.75, 3.05) is 11.9 Å². The summed E-state index contributed by atoms with van der Waals surface area (Å²) >= 11 is 0. The van der Waals surface area contributed by atoms with E-state index in [4.69, 9.17) is 5.73 Å². The molecule has 7 nitrogen and oxygen atoms in total. The van der Waals surface area contributed by atoms with E-state index in [-0.39, 0.29) is 12.3 Å². The highest BCUT2D eigenvalue weighted by molar-refractivity contribution is 5.74. The summed E-state index contributed by atoms with van der Waals surface area (Å²) in [5.41, 5.74) is 5.68. The van der Waals surface area contributed by atoms with E-state index in [2.05, 4.69) is 20.5 Å². The molecule has 0 atom stereocenters. The molecule has 0 saturated heterocycles. The zero-order valence-electron chi connectivity index (χ0n) is 8.84. The molecular weight excluding hydrogens is 208 g/mol. The van der Waals surface area contributed by atoms with E-state index in [1.807, 2.05) is 11.3 Å². The zero-order chi connectivity index (χ0) is 11.5. The van der Waals surface area contributed by atoms with Crippen molar-refractivity contribution in [3.8, 4) is 0 Å². The summed E-state index contributed by atoms with van der Waals surface area (Å²) < 4.78 is 1.82. The number of hydrogen-bond donors (Lipinski definition) is 2. The first-order valence-electron chi connectivity index (χ1n) is 4.87. The van der Waals surface area contributed by atoms with Crippen LogP contribution in [0, 0.1) is 6.92 Å². The molecule has 0 aliphatic carbocycles.